The monoisotopic (exact) mass is 223 g/mol. The van der Waals surface area contributed by atoms with E-state index in [2.05, 4.69) is 0 Å². The second kappa shape index (κ2) is 5.39. The number of hydrogen-bond donors (Lipinski definition) is 1. The Morgan fingerprint density at radius 3 is 2.44 bits per heavy atom. The molecular weight excluding hydrogens is 206 g/mol. The quantitative estimate of drug-likeness (QED) is 0.829. The minimum absolute atomic E-state index is 0.544. The molecule has 1 aromatic carbocycles. The van der Waals surface area contributed by atoms with Crippen molar-refractivity contribution in [3.63, 3.8) is 0 Å². The molecule has 0 amide bonds. The first-order chi connectivity index (χ1) is 7.56. The largest absolute Gasteiger partial charge is 0.494 e. The van der Waals surface area contributed by atoms with Crippen LogP contribution in [0.1, 0.15) is 13.8 Å². The molecule has 0 aliphatic carbocycles. The molecule has 1 atom stereocenters. The normalized spacial score (nSPS) is 11.9. The van der Waals surface area contributed by atoms with E-state index >= 15 is 0 Å². The van der Waals surface area contributed by atoms with Gasteiger partial charge in [-0.1, -0.05) is 0 Å². The third-order valence-electron chi connectivity index (χ3n) is 2.49. The lowest BCUT2D eigenvalue weighted by Gasteiger charge is -2.23. The molecule has 1 aromatic rings. The predicted molar refractivity (Wildman–Crippen MR) is 63.1 cm³/mol. The van der Waals surface area contributed by atoms with E-state index in [1.165, 1.54) is 0 Å². The molecule has 4 heteroatoms. The van der Waals surface area contributed by atoms with Gasteiger partial charge in [0.15, 0.2) is 0 Å². The molecular formula is C12H17NO3. The number of nitrogens with zero attached hydrogens (tertiary/aromatic N) is 1. The number of likely N-dealkylation sites (N-methyl/N-ethyl adjacent to an activating group) is 1. The van der Waals surface area contributed by atoms with Gasteiger partial charge in [0.25, 0.3) is 0 Å². The van der Waals surface area contributed by atoms with Gasteiger partial charge in [0.2, 0.25) is 0 Å². The van der Waals surface area contributed by atoms with Crippen LogP contribution in [0, 0.1) is 0 Å². The van der Waals surface area contributed by atoms with Crippen LogP contribution in [0.25, 0.3) is 0 Å². The molecule has 0 aromatic heterocycles. The number of ether oxygens (including phenoxy) is 1. The Kier molecular flexibility index (Phi) is 4.17. The first-order valence-corrected chi connectivity index (χ1v) is 5.24. The highest BCUT2D eigenvalue weighted by atomic mass is 16.5. The maximum Gasteiger partial charge on any atom is 0.326 e. The van der Waals surface area contributed by atoms with Crippen molar-refractivity contribution in [2.45, 2.75) is 19.9 Å². The lowest BCUT2D eigenvalue weighted by atomic mass is 10.2. The molecule has 0 unspecified atom stereocenters. The number of hydrogen-bond acceptors (Lipinski definition) is 3. The van der Waals surface area contributed by atoms with Crippen molar-refractivity contribution in [2.24, 2.45) is 0 Å². The number of anilines is 1. The first kappa shape index (κ1) is 12.4. The maximum absolute atomic E-state index is 10.8. The Bertz CT molecular complexity index is 348. The molecule has 0 fully saturated rings. The third-order valence-corrected chi connectivity index (χ3v) is 2.49. The van der Waals surface area contributed by atoms with E-state index in [1.54, 1.807) is 18.9 Å². The number of benzene rings is 1. The zero-order valence-corrected chi connectivity index (χ0v) is 9.80. The zero-order chi connectivity index (χ0) is 12.1. The molecule has 0 bridgehead atoms. The van der Waals surface area contributed by atoms with Crippen LogP contribution in [0.15, 0.2) is 24.3 Å². The molecule has 0 spiro atoms. The molecule has 4 nitrogen and oxygen atoms in total. The number of rotatable bonds is 5. The fourth-order valence-electron chi connectivity index (χ4n) is 1.33. The SMILES string of the molecule is CCOc1ccc(N(C)[C@@H](C)C(=O)O)cc1. The van der Waals surface area contributed by atoms with Gasteiger partial charge in [0, 0.05) is 12.7 Å². The Morgan fingerprint density at radius 2 is 2.00 bits per heavy atom. The summed E-state index contributed by atoms with van der Waals surface area (Å²) in [4.78, 5) is 12.5. The molecule has 1 rings (SSSR count). The Hall–Kier alpha value is -1.71. The summed E-state index contributed by atoms with van der Waals surface area (Å²) in [5.41, 5.74) is 0.860. The summed E-state index contributed by atoms with van der Waals surface area (Å²) in [7, 11) is 1.76. The smallest absolute Gasteiger partial charge is 0.326 e. The zero-order valence-electron chi connectivity index (χ0n) is 9.80. The van der Waals surface area contributed by atoms with Gasteiger partial charge >= 0.3 is 5.97 Å². The van der Waals surface area contributed by atoms with Crippen LogP contribution in [-0.2, 0) is 4.79 Å². The molecule has 16 heavy (non-hydrogen) atoms. The Labute approximate surface area is 95.5 Å². The molecule has 0 heterocycles. The van der Waals surface area contributed by atoms with Crippen LogP contribution in [0.4, 0.5) is 5.69 Å². The van der Waals surface area contributed by atoms with Crippen molar-refractivity contribution in [1.82, 2.24) is 0 Å². The highest BCUT2D eigenvalue weighted by molar-refractivity contribution is 5.77. The predicted octanol–water partition coefficient (Wildman–Crippen LogP) is 1.99. The van der Waals surface area contributed by atoms with Crippen LogP contribution in [0.3, 0.4) is 0 Å². The van der Waals surface area contributed by atoms with E-state index in [4.69, 9.17) is 9.84 Å². The second-order valence-electron chi connectivity index (χ2n) is 3.55. The van der Waals surface area contributed by atoms with Gasteiger partial charge in [0.05, 0.1) is 6.61 Å². The lowest BCUT2D eigenvalue weighted by molar-refractivity contribution is -0.138. The summed E-state index contributed by atoms with van der Waals surface area (Å²) < 4.78 is 5.31. The van der Waals surface area contributed by atoms with E-state index in [1.807, 2.05) is 31.2 Å². The standard InChI is InChI=1S/C12H17NO3/c1-4-16-11-7-5-10(6-8-11)13(3)9(2)12(14)15/h5-9H,4H2,1-3H3,(H,14,15)/t9-/m0/s1. The molecule has 0 saturated heterocycles. The first-order valence-electron chi connectivity index (χ1n) is 5.24. The van der Waals surface area contributed by atoms with Gasteiger partial charge in [-0.2, -0.15) is 0 Å². The van der Waals surface area contributed by atoms with E-state index in [9.17, 15) is 4.79 Å². The number of carboxylic acids is 1. The minimum Gasteiger partial charge on any atom is -0.494 e. The molecule has 0 aliphatic heterocycles. The van der Waals surface area contributed by atoms with Gasteiger partial charge in [0.1, 0.15) is 11.8 Å². The van der Waals surface area contributed by atoms with Crippen LogP contribution >= 0.6 is 0 Å². The van der Waals surface area contributed by atoms with Crippen molar-refractivity contribution >= 4 is 11.7 Å². The second-order valence-corrected chi connectivity index (χ2v) is 3.55. The maximum atomic E-state index is 10.8. The van der Waals surface area contributed by atoms with Crippen molar-refractivity contribution in [3.05, 3.63) is 24.3 Å². The van der Waals surface area contributed by atoms with Crippen molar-refractivity contribution in [1.29, 1.82) is 0 Å². The summed E-state index contributed by atoms with van der Waals surface area (Å²) in [5.74, 6) is -0.0426. The average Bonchev–Trinajstić information content (AvgIpc) is 2.28. The van der Waals surface area contributed by atoms with Gasteiger partial charge in [-0.05, 0) is 38.1 Å². The van der Waals surface area contributed by atoms with Gasteiger partial charge in [-0.15, -0.1) is 0 Å². The fraction of sp³-hybridized carbons (Fsp3) is 0.417. The summed E-state index contributed by atoms with van der Waals surface area (Å²) >= 11 is 0. The fourth-order valence-corrected chi connectivity index (χ4v) is 1.33. The number of aliphatic carboxylic acids is 1. The van der Waals surface area contributed by atoms with E-state index < -0.39 is 12.0 Å². The third kappa shape index (κ3) is 2.89. The molecule has 0 aliphatic rings. The van der Waals surface area contributed by atoms with Crippen molar-refractivity contribution in [3.8, 4) is 5.75 Å². The summed E-state index contributed by atoms with van der Waals surface area (Å²) in [6.45, 7) is 4.20. The van der Waals surface area contributed by atoms with E-state index in [0.717, 1.165) is 11.4 Å². The average molecular weight is 223 g/mol. The van der Waals surface area contributed by atoms with E-state index in [-0.39, 0.29) is 0 Å². The van der Waals surface area contributed by atoms with Gasteiger partial charge < -0.3 is 14.7 Å². The summed E-state index contributed by atoms with van der Waals surface area (Å²) in [5, 5.41) is 8.89. The van der Waals surface area contributed by atoms with Crippen LogP contribution in [-0.4, -0.2) is 30.8 Å². The van der Waals surface area contributed by atoms with Crippen LogP contribution < -0.4 is 9.64 Å². The van der Waals surface area contributed by atoms with Crippen molar-refractivity contribution < 1.29 is 14.6 Å². The van der Waals surface area contributed by atoms with Crippen LogP contribution in [0.2, 0.25) is 0 Å². The Balaban J connectivity index is 2.77. The summed E-state index contributed by atoms with van der Waals surface area (Å²) in [6.07, 6.45) is 0. The minimum atomic E-state index is -0.837. The highest BCUT2D eigenvalue weighted by Gasteiger charge is 2.16. The molecule has 0 saturated carbocycles. The Morgan fingerprint density at radius 1 is 1.44 bits per heavy atom. The van der Waals surface area contributed by atoms with Crippen molar-refractivity contribution in [2.75, 3.05) is 18.6 Å². The molecule has 88 valence electrons. The van der Waals surface area contributed by atoms with Gasteiger partial charge in [-0.3, -0.25) is 0 Å². The topological polar surface area (TPSA) is 49.8 Å². The van der Waals surface area contributed by atoms with Crippen LogP contribution in [0.5, 0.6) is 5.75 Å². The van der Waals surface area contributed by atoms with E-state index in [0.29, 0.717) is 6.61 Å². The number of carboxylic acid groups (broad SMARTS) is 1. The number of carbonyl (C=O) groups is 1. The lowest BCUT2D eigenvalue weighted by Crippen LogP contribution is -2.35. The van der Waals surface area contributed by atoms with Gasteiger partial charge in [-0.25, -0.2) is 4.79 Å². The highest BCUT2D eigenvalue weighted by Crippen LogP contribution is 2.20. The summed E-state index contributed by atoms with van der Waals surface area (Å²) in [6, 6.07) is 6.83. The molecule has 1 N–H and O–H groups in total. The molecule has 0 radical (unpaired) electrons.